The number of phenolic OH excluding ortho intramolecular Hbond substituents is 1. The molecule has 0 bridgehead atoms. The SMILES string of the molecule is Cc1cnc(NC(=O)CC[C@@H]2C[C@@](O)(C=N)[C@@]3(C)CCC4c5ccc(O)cc5CCC4C23)s1. The number of hydrogen-bond donors (Lipinski definition) is 4. The molecule has 2 aromatic rings. The summed E-state index contributed by atoms with van der Waals surface area (Å²) in [5.41, 5.74) is 1.12. The van der Waals surface area contributed by atoms with Crippen LogP contribution in [0.5, 0.6) is 5.75 Å². The van der Waals surface area contributed by atoms with E-state index in [1.54, 1.807) is 12.3 Å². The Morgan fingerprint density at radius 1 is 1.39 bits per heavy atom. The number of rotatable bonds is 5. The summed E-state index contributed by atoms with van der Waals surface area (Å²) in [5.74, 6) is 1.58. The first-order valence-corrected chi connectivity index (χ1v) is 12.8. The number of aromatic hydroxyl groups is 1. The molecule has 0 saturated heterocycles. The van der Waals surface area contributed by atoms with Gasteiger partial charge in [0.2, 0.25) is 5.91 Å². The molecule has 3 unspecified atom stereocenters. The van der Waals surface area contributed by atoms with Crippen molar-refractivity contribution in [3.05, 3.63) is 40.4 Å². The highest BCUT2D eigenvalue weighted by atomic mass is 32.1. The van der Waals surface area contributed by atoms with Crippen molar-refractivity contribution in [2.45, 2.75) is 70.3 Å². The normalized spacial score (nSPS) is 34.8. The van der Waals surface area contributed by atoms with Gasteiger partial charge in [-0.15, -0.1) is 11.3 Å². The van der Waals surface area contributed by atoms with E-state index in [1.807, 2.05) is 13.0 Å². The van der Waals surface area contributed by atoms with Gasteiger partial charge in [0.15, 0.2) is 5.13 Å². The van der Waals surface area contributed by atoms with Gasteiger partial charge in [0, 0.05) is 29.1 Å². The van der Waals surface area contributed by atoms with E-state index < -0.39 is 5.60 Å². The number of carbonyl (C=O) groups is 1. The van der Waals surface area contributed by atoms with Crippen molar-refractivity contribution in [1.82, 2.24) is 4.98 Å². The number of amides is 1. The summed E-state index contributed by atoms with van der Waals surface area (Å²) in [6.07, 6.45) is 8.49. The fraction of sp³-hybridized carbons (Fsp3) is 0.577. The molecule has 3 aliphatic rings. The summed E-state index contributed by atoms with van der Waals surface area (Å²) in [6.45, 7) is 4.14. The number of nitrogens with one attached hydrogen (secondary N) is 2. The number of nitrogens with zero attached hydrogens (tertiary/aromatic N) is 1. The molecule has 3 aliphatic carbocycles. The van der Waals surface area contributed by atoms with Crippen LogP contribution in [0.15, 0.2) is 24.4 Å². The predicted octanol–water partition coefficient (Wildman–Crippen LogP) is 5.04. The minimum Gasteiger partial charge on any atom is -0.508 e. The molecule has 1 amide bonds. The molecule has 1 aromatic carbocycles. The van der Waals surface area contributed by atoms with Gasteiger partial charge in [-0.05, 0) is 92.4 Å². The van der Waals surface area contributed by atoms with E-state index in [1.165, 1.54) is 28.7 Å². The Morgan fingerprint density at radius 2 is 2.21 bits per heavy atom. The smallest absolute Gasteiger partial charge is 0.226 e. The number of aryl methyl sites for hydroxylation is 2. The van der Waals surface area contributed by atoms with Crippen LogP contribution in [0.25, 0.3) is 0 Å². The molecular weight excluding hydrogens is 434 g/mol. The molecule has 0 aliphatic heterocycles. The second kappa shape index (κ2) is 8.20. The van der Waals surface area contributed by atoms with Crippen LogP contribution in [-0.2, 0) is 11.2 Å². The standard InChI is InChI=1S/C26H33N3O3S/c1-15-13-28-24(33-15)29-22(31)8-4-17-12-26(32,14-27)25(2)10-9-20-19-7-5-18(30)11-16(19)3-6-21(20)23(17)25/h5,7,11,13-14,17,20-21,23,27,30,32H,3-4,6,8-10,12H2,1-2H3,(H,28,29,31)/t17-,20?,21?,23?,25+,26-/m1/s1. The van der Waals surface area contributed by atoms with Crippen molar-refractivity contribution in [3.63, 3.8) is 0 Å². The zero-order chi connectivity index (χ0) is 23.4. The fourth-order valence-corrected chi connectivity index (χ4v) is 8.05. The first-order valence-electron chi connectivity index (χ1n) is 12.0. The largest absolute Gasteiger partial charge is 0.508 e. The van der Waals surface area contributed by atoms with Crippen LogP contribution >= 0.6 is 11.3 Å². The van der Waals surface area contributed by atoms with Crippen LogP contribution in [0.4, 0.5) is 5.13 Å². The number of carbonyl (C=O) groups excluding carboxylic acids is 1. The first-order chi connectivity index (χ1) is 15.7. The molecule has 0 radical (unpaired) electrons. The van der Waals surface area contributed by atoms with Crippen molar-refractivity contribution in [2.24, 2.45) is 23.2 Å². The fourth-order valence-electron chi connectivity index (χ4n) is 7.37. The molecule has 0 spiro atoms. The molecular formula is C26H33N3O3S. The Kier molecular flexibility index (Phi) is 5.60. The van der Waals surface area contributed by atoms with Gasteiger partial charge < -0.3 is 20.9 Å². The molecule has 33 heavy (non-hydrogen) atoms. The van der Waals surface area contributed by atoms with Crippen LogP contribution in [-0.4, -0.2) is 32.9 Å². The highest BCUT2D eigenvalue weighted by Crippen LogP contribution is 2.66. The summed E-state index contributed by atoms with van der Waals surface area (Å²) in [7, 11) is 0. The van der Waals surface area contributed by atoms with E-state index in [-0.39, 0.29) is 23.2 Å². The number of phenols is 1. The quantitative estimate of drug-likeness (QED) is 0.462. The molecule has 6 nitrogen and oxygen atoms in total. The molecule has 2 fully saturated rings. The molecule has 7 heteroatoms. The summed E-state index contributed by atoms with van der Waals surface area (Å²) in [4.78, 5) is 17.9. The highest BCUT2D eigenvalue weighted by Gasteiger charge is 2.64. The lowest BCUT2D eigenvalue weighted by Crippen LogP contribution is -2.52. The zero-order valence-corrected chi connectivity index (χ0v) is 20.1. The van der Waals surface area contributed by atoms with E-state index in [0.29, 0.717) is 42.0 Å². The third-order valence-electron chi connectivity index (χ3n) is 8.88. The number of fused-ring (bicyclic) bond motifs is 5. The average molecular weight is 468 g/mol. The number of aliphatic hydroxyl groups is 1. The molecule has 176 valence electrons. The maximum atomic E-state index is 12.7. The van der Waals surface area contributed by atoms with Crippen LogP contribution in [0, 0.1) is 35.5 Å². The minimum atomic E-state index is -1.12. The molecule has 5 rings (SSSR count). The lowest BCUT2D eigenvalue weighted by molar-refractivity contribution is -0.116. The summed E-state index contributed by atoms with van der Waals surface area (Å²) < 4.78 is 0. The van der Waals surface area contributed by atoms with Crippen molar-refractivity contribution in [3.8, 4) is 5.75 Å². The monoisotopic (exact) mass is 467 g/mol. The Labute approximate surface area is 199 Å². The maximum absolute atomic E-state index is 12.7. The number of aromatic nitrogens is 1. The minimum absolute atomic E-state index is 0.0341. The van der Waals surface area contributed by atoms with Gasteiger partial charge in [-0.2, -0.15) is 0 Å². The maximum Gasteiger partial charge on any atom is 0.226 e. The summed E-state index contributed by atoms with van der Waals surface area (Å²) >= 11 is 1.47. The van der Waals surface area contributed by atoms with Gasteiger partial charge >= 0.3 is 0 Å². The third-order valence-corrected chi connectivity index (χ3v) is 9.71. The van der Waals surface area contributed by atoms with E-state index in [0.717, 1.165) is 30.6 Å². The van der Waals surface area contributed by atoms with Gasteiger partial charge in [-0.3, -0.25) is 4.79 Å². The van der Waals surface area contributed by atoms with E-state index in [2.05, 4.69) is 23.3 Å². The van der Waals surface area contributed by atoms with Gasteiger partial charge in [0.05, 0.1) is 0 Å². The van der Waals surface area contributed by atoms with Crippen molar-refractivity contribution < 1.29 is 15.0 Å². The second-order valence-electron chi connectivity index (χ2n) is 10.6. The Morgan fingerprint density at radius 3 is 2.94 bits per heavy atom. The Balaban J connectivity index is 1.38. The van der Waals surface area contributed by atoms with Crippen LogP contribution < -0.4 is 5.32 Å². The van der Waals surface area contributed by atoms with E-state index in [9.17, 15) is 15.0 Å². The number of anilines is 1. The Bertz CT molecular complexity index is 1080. The molecule has 2 saturated carbocycles. The molecule has 1 aromatic heterocycles. The van der Waals surface area contributed by atoms with Crippen molar-refractivity contribution in [1.29, 1.82) is 5.41 Å². The predicted molar refractivity (Wildman–Crippen MR) is 130 cm³/mol. The second-order valence-corrected chi connectivity index (χ2v) is 11.8. The zero-order valence-electron chi connectivity index (χ0n) is 19.3. The average Bonchev–Trinajstić information content (AvgIpc) is 3.29. The number of hydrogen-bond acceptors (Lipinski definition) is 6. The number of thiazole rings is 1. The summed E-state index contributed by atoms with van der Waals surface area (Å²) in [6, 6.07) is 5.78. The summed E-state index contributed by atoms with van der Waals surface area (Å²) in [5, 5.41) is 33.1. The van der Waals surface area contributed by atoms with Crippen molar-refractivity contribution in [2.75, 3.05) is 5.32 Å². The molecule has 6 atom stereocenters. The Hall–Kier alpha value is -2.25. The lowest BCUT2D eigenvalue weighted by atomic mass is 9.52. The van der Waals surface area contributed by atoms with Gasteiger partial charge in [0.1, 0.15) is 11.4 Å². The number of benzene rings is 1. The van der Waals surface area contributed by atoms with Crippen LogP contribution in [0.2, 0.25) is 0 Å². The van der Waals surface area contributed by atoms with Crippen LogP contribution in [0.3, 0.4) is 0 Å². The van der Waals surface area contributed by atoms with Gasteiger partial charge in [-0.25, -0.2) is 4.98 Å². The highest BCUT2D eigenvalue weighted by molar-refractivity contribution is 7.15. The van der Waals surface area contributed by atoms with Gasteiger partial charge in [-0.1, -0.05) is 13.0 Å². The van der Waals surface area contributed by atoms with Gasteiger partial charge in [0.25, 0.3) is 0 Å². The van der Waals surface area contributed by atoms with Crippen molar-refractivity contribution >= 4 is 28.6 Å². The molecule has 1 heterocycles. The first kappa shape index (κ1) is 22.5. The third kappa shape index (κ3) is 3.69. The van der Waals surface area contributed by atoms with E-state index >= 15 is 0 Å². The van der Waals surface area contributed by atoms with Crippen LogP contribution in [0.1, 0.15) is 67.4 Å². The topological polar surface area (TPSA) is 106 Å². The lowest BCUT2D eigenvalue weighted by Gasteiger charge is -2.53. The molecule has 4 N–H and O–H groups in total. The van der Waals surface area contributed by atoms with E-state index in [4.69, 9.17) is 5.41 Å².